The Balaban J connectivity index is 1.51. The SMILES string of the molecule is Cc1cc([C@@H]2C[C@H](C(=O)NCc3ccco3)CN(C(=O)Nc3ccccc3)C2)ccc1F. The van der Waals surface area contributed by atoms with Crippen LogP contribution in [0.5, 0.6) is 0 Å². The number of hydrogen-bond acceptors (Lipinski definition) is 3. The van der Waals surface area contributed by atoms with Crippen LogP contribution in [0.15, 0.2) is 71.3 Å². The minimum absolute atomic E-state index is 0.0797. The van der Waals surface area contributed by atoms with E-state index < -0.39 is 5.92 Å². The molecule has 1 saturated heterocycles. The smallest absolute Gasteiger partial charge is 0.321 e. The minimum Gasteiger partial charge on any atom is -0.467 e. The Labute approximate surface area is 186 Å². The van der Waals surface area contributed by atoms with Gasteiger partial charge in [0.2, 0.25) is 5.91 Å². The van der Waals surface area contributed by atoms with Gasteiger partial charge in [0.25, 0.3) is 0 Å². The number of hydrogen-bond donors (Lipinski definition) is 2. The van der Waals surface area contributed by atoms with E-state index in [2.05, 4.69) is 10.6 Å². The Bertz CT molecular complexity index is 1070. The zero-order valence-electron chi connectivity index (χ0n) is 17.9. The van der Waals surface area contributed by atoms with Crippen LogP contribution in [-0.2, 0) is 11.3 Å². The monoisotopic (exact) mass is 435 g/mol. The largest absolute Gasteiger partial charge is 0.467 e. The first-order valence-corrected chi connectivity index (χ1v) is 10.7. The Morgan fingerprint density at radius 3 is 2.62 bits per heavy atom. The van der Waals surface area contributed by atoms with Gasteiger partial charge in [0.05, 0.1) is 18.7 Å². The molecule has 2 aromatic carbocycles. The fraction of sp³-hybridized carbons (Fsp3) is 0.280. The molecule has 3 aromatic rings. The number of rotatable bonds is 5. The lowest BCUT2D eigenvalue weighted by molar-refractivity contribution is -0.126. The van der Waals surface area contributed by atoms with Crippen molar-refractivity contribution < 1.29 is 18.4 Å². The molecular formula is C25H26FN3O3. The van der Waals surface area contributed by atoms with E-state index in [0.29, 0.717) is 43.1 Å². The first-order chi connectivity index (χ1) is 15.5. The van der Waals surface area contributed by atoms with Crippen molar-refractivity contribution in [1.82, 2.24) is 10.2 Å². The van der Waals surface area contributed by atoms with Crippen molar-refractivity contribution >= 4 is 17.6 Å². The molecule has 1 aliphatic rings. The number of benzene rings is 2. The van der Waals surface area contributed by atoms with Crippen LogP contribution >= 0.6 is 0 Å². The summed E-state index contributed by atoms with van der Waals surface area (Å²) in [5.41, 5.74) is 2.16. The molecule has 6 nitrogen and oxygen atoms in total. The van der Waals surface area contributed by atoms with Crippen LogP contribution in [0.3, 0.4) is 0 Å². The first-order valence-electron chi connectivity index (χ1n) is 10.7. The number of amides is 3. The van der Waals surface area contributed by atoms with E-state index in [1.54, 1.807) is 42.4 Å². The number of halogens is 1. The molecule has 0 bridgehead atoms. The average Bonchev–Trinajstić information content (AvgIpc) is 3.33. The number of aryl methyl sites for hydroxylation is 1. The van der Waals surface area contributed by atoms with Crippen LogP contribution in [0, 0.1) is 18.7 Å². The van der Waals surface area contributed by atoms with E-state index in [1.807, 2.05) is 30.3 Å². The highest BCUT2D eigenvalue weighted by Gasteiger charge is 2.34. The van der Waals surface area contributed by atoms with Crippen LogP contribution in [0.25, 0.3) is 0 Å². The van der Waals surface area contributed by atoms with E-state index in [1.165, 1.54) is 6.07 Å². The number of likely N-dealkylation sites (tertiary alicyclic amines) is 1. The molecule has 1 aromatic heterocycles. The molecule has 1 fully saturated rings. The lowest BCUT2D eigenvalue weighted by Crippen LogP contribution is -2.49. The summed E-state index contributed by atoms with van der Waals surface area (Å²) in [6.45, 7) is 2.76. The Morgan fingerprint density at radius 1 is 1.09 bits per heavy atom. The molecule has 0 aliphatic carbocycles. The maximum atomic E-state index is 13.8. The zero-order chi connectivity index (χ0) is 22.5. The van der Waals surface area contributed by atoms with E-state index in [-0.39, 0.29) is 23.7 Å². The molecule has 0 radical (unpaired) electrons. The number of carbonyl (C=O) groups is 2. The highest BCUT2D eigenvalue weighted by Crippen LogP contribution is 2.32. The number of furan rings is 1. The zero-order valence-corrected chi connectivity index (χ0v) is 17.9. The first kappa shape index (κ1) is 21.6. The molecular weight excluding hydrogens is 409 g/mol. The number of piperidine rings is 1. The normalized spacial score (nSPS) is 18.2. The summed E-state index contributed by atoms with van der Waals surface area (Å²) in [4.78, 5) is 27.6. The van der Waals surface area contributed by atoms with Gasteiger partial charge >= 0.3 is 6.03 Å². The van der Waals surface area contributed by atoms with Crippen molar-refractivity contribution in [2.24, 2.45) is 5.92 Å². The number of para-hydroxylation sites is 1. The van der Waals surface area contributed by atoms with Gasteiger partial charge in [0.1, 0.15) is 11.6 Å². The van der Waals surface area contributed by atoms with Gasteiger partial charge in [-0.3, -0.25) is 4.79 Å². The molecule has 2 atom stereocenters. The summed E-state index contributed by atoms with van der Waals surface area (Å²) in [6, 6.07) is 17.5. The number of carbonyl (C=O) groups excluding carboxylic acids is 2. The Morgan fingerprint density at radius 2 is 1.91 bits per heavy atom. The highest BCUT2D eigenvalue weighted by atomic mass is 19.1. The Kier molecular flexibility index (Phi) is 6.54. The molecule has 2 N–H and O–H groups in total. The molecule has 2 heterocycles. The Hall–Kier alpha value is -3.61. The van der Waals surface area contributed by atoms with Crippen LogP contribution in [0.1, 0.15) is 29.2 Å². The molecule has 4 rings (SSSR count). The van der Waals surface area contributed by atoms with Gasteiger partial charge in [-0.25, -0.2) is 9.18 Å². The summed E-state index contributed by atoms with van der Waals surface area (Å²) in [5, 5.41) is 5.80. The predicted molar refractivity (Wildman–Crippen MR) is 120 cm³/mol. The number of urea groups is 1. The summed E-state index contributed by atoms with van der Waals surface area (Å²) in [6.07, 6.45) is 2.13. The lowest BCUT2D eigenvalue weighted by atomic mass is 9.83. The van der Waals surface area contributed by atoms with Crippen molar-refractivity contribution in [3.63, 3.8) is 0 Å². The summed E-state index contributed by atoms with van der Waals surface area (Å²) in [5.74, 6) is -0.212. The quantitative estimate of drug-likeness (QED) is 0.611. The van der Waals surface area contributed by atoms with E-state index in [9.17, 15) is 14.0 Å². The topological polar surface area (TPSA) is 74.6 Å². The maximum absolute atomic E-state index is 13.8. The van der Waals surface area contributed by atoms with Gasteiger partial charge < -0.3 is 20.0 Å². The van der Waals surface area contributed by atoms with E-state index >= 15 is 0 Å². The number of nitrogens with zero attached hydrogens (tertiary/aromatic N) is 1. The van der Waals surface area contributed by atoms with E-state index in [0.717, 1.165) is 5.56 Å². The molecule has 1 aliphatic heterocycles. The van der Waals surface area contributed by atoms with Gasteiger partial charge in [-0.15, -0.1) is 0 Å². The molecule has 0 saturated carbocycles. The summed E-state index contributed by atoms with van der Waals surface area (Å²) in [7, 11) is 0. The van der Waals surface area contributed by atoms with Gasteiger partial charge in [0.15, 0.2) is 0 Å². The predicted octanol–water partition coefficient (Wildman–Crippen LogP) is 4.68. The number of anilines is 1. The molecule has 3 amide bonds. The van der Waals surface area contributed by atoms with Gasteiger partial charge in [-0.1, -0.05) is 30.3 Å². The van der Waals surface area contributed by atoms with Crippen molar-refractivity contribution in [3.8, 4) is 0 Å². The van der Waals surface area contributed by atoms with E-state index in [4.69, 9.17) is 4.42 Å². The molecule has 32 heavy (non-hydrogen) atoms. The van der Waals surface area contributed by atoms with Crippen LogP contribution in [0.4, 0.5) is 14.9 Å². The third-order valence-corrected chi connectivity index (χ3v) is 5.80. The molecule has 0 spiro atoms. The minimum atomic E-state index is -0.393. The summed E-state index contributed by atoms with van der Waals surface area (Å²) >= 11 is 0. The van der Waals surface area contributed by atoms with Crippen molar-refractivity contribution in [2.45, 2.75) is 25.8 Å². The summed E-state index contributed by atoms with van der Waals surface area (Å²) < 4.78 is 19.1. The van der Waals surface area contributed by atoms with Gasteiger partial charge in [-0.2, -0.15) is 0 Å². The second kappa shape index (κ2) is 9.68. The molecule has 7 heteroatoms. The van der Waals surface area contributed by atoms with Crippen LogP contribution in [-0.4, -0.2) is 29.9 Å². The third-order valence-electron chi connectivity index (χ3n) is 5.80. The highest BCUT2D eigenvalue weighted by molar-refractivity contribution is 5.90. The molecule has 166 valence electrons. The van der Waals surface area contributed by atoms with Gasteiger partial charge in [0, 0.05) is 24.7 Å². The molecule has 0 unspecified atom stereocenters. The van der Waals surface area contributed by atoms with Crippen molar-refractivity contribution in [2.75, 3.05) is 18.4 Å². The lowest BCUT2D eigenvalue weighted by Gasteiger charge is -2.37. The van der Waals surface area contributed by atoms with Gasteiger partial charge in [-0.05, 0) is 54.8 Å². The third kappa shape index (κ3) is 5.17. The number of nitrogens with one attached hydrogen (secondary N) is 2. The average molecular weight is 435 g/mol. The van der Waals surface area contributed by atoms with Crippen LogP contribution < -0.4 is 10.6 Å². The fourth-order valence-electron chi connectivity index (χ4n) is 4.07. The standard InChI is InChI=1S/C25H26FN3O3/c1-17-12-18(9-10-23(17)26)19-13-20(24(30)27-14-22-8-5-11-32-22)16-29(15-19)25(31)28-21-6-3-2-4-7-21/h2-12,19-20H,13-16H2,1H3,(H,27,30)(H,28,31)/t19-,20+/m1/s1. The fourth-order valence-corrected chi connectivity index (χ4v) is 4.07. The van der Waals surface area contributed by atoms with Crippen LogP contribution in [0.2, 0.25) is 0 Å². The second-order valence-electron chi connectivity index (χ2n) is 8.14. The van der Waals surface area contributed by atoms with Crippen molar-refractivity contribution in [1.29, 1.82) is 0 Å². The second-order valence-corrected chi connectivity index (χ2v) is 8.14. The maximum Gasteiger partial charge on any atom is 0.321 e. The van der Waals surface area contributed by atoms with Crippen molar-refractivity contribution in [3.05, 3.63) is 89.6 Å².